The van der Waals surface area contributed by atoms with E-state index in [0.29, 0.717) is 10.7 Å². The Morgan fingerprint density at radius 1 is 1.26 bits per heavy atom. The van der Waals surface area contributed by atoms with Gasteiger partial charge >= 0.3 is 11.9 Å². The number of carbonyl (C=O) groups excluding carboxylic acids is 1. The number of benzene rings is 1. The minimum absolute atomic E-state index is 0.0317. The van der Waals surface area contributed by atoms with Crippen molar-refractivity contribution in [2.45, 2.75) is 25.1 Å². The number of aromatic nitrogens is 5. The van der Waals surface area contributed by atoms with Gasteiger partial charge in [-0.25, -0.2) is 9.78 Å². The summed E-state index contributed by atoms with van der Waals surface area (Å²) in [4.78, 5) is 37.6. The monoisotopic (exact) mass is 471 g/mol. The summed E-state index contributed by atoms with van der Waals surface area (Å²) < 4.78 is 41.5. The van der Waals surface area contributed by atoms with Crippen LogP contribution in [0.3, 0.4) is 0 Å². The smallest absolute Gasteiger partial charge is 0.417 e. The topological polar surface area (TPSA) is 141 Å². The van der Waals surface area contributed by atoms with Crippen LogP contribution in [0.5, 0.6) is 5.88 Å². The summed E-state index contributed by atoms with van der Waals surface area (Å²) in [5.41, 5.74) is -1.60. The van der Waals surface area contributed by atoms with E-state index in [4.69, 9.17) is 0 Å². The standard InChI is InChI=1S/C21H16F3N7O3/c22-21(23,24)13-4-2-1-3-12(13)18(32)29-15-8-16(26-11-5-6-11)31-17(28-15)10(9-25-31)7-14-19(33)30-20(34)27-14/h1-4,7-9,11,33H,5-6H2,(H,29,32)(H2,27,30,34). The molecule has 1 aliphatic carbocycles. The van der Waals surface area contributed by atoms with Crippen LogP contribution in [0.4, 0.5) is 19.0 Å². The molecule has 3 heterocycles. The molecule has 1 aliphatic rings. The lowest BCUT2D eigenvalue weighted by Crippen LogP contribution is -2.23. The number of anilines is 1. The molecular weight excluding hydrogens is 455 g/mol. The number of nitrogens with one attached hydrogen (secondary N) is 3. The van der Waals surface area contributed by atoms with Crippen molar-refractivity contribution < 1.29 is 23.1 Å². The van der Waals surface area contributed by atoms with Gasteiger partial charge in [0.15, 0.2) is 11.1 Å². The maximum Gasteiger partial charge on any atom is 0.417 e. The molecule has 1 saturated carbocycles. The van der Waals surface area contributed by atoms with E-state index >= 15 is 0 Å². The molecule has 0 aliphatic heterocycles. The van der Waals surface area contributed by atoms with Crippen LogP contribution < -0.4 is 21.7 Å². The molecule has 4 aromatic rings. The third-order valence-electron chi connectivity index (χ3n) is 5.10. The van der Waals surface area contributed by atoms with Crippen molar-refractivity contribution >= 4 is 23.4 Å². The molecule has 13 heteroatoms. The van der Waals surface area contributed by atoms with E-state index < -0.39 is 28.9 Å². The van der Waals surface area contributed by atoms with Crippen molar-refractivity contribution in [3.05, 3.63) is 74.5 Å². The van der Waals surface area contributed by atoms with Gasteiger partial charge in [0.2, 0.25) is 5.88 Å². The number of aromatic amines is 2. The summed E-state index contributed by atoms with van der Waals surface area (Å²) in [5.74, 6) is -1.41. The van der Waals surface area contributed by atoms with Crippen LogP contribution >= 0.6 is 0 Å². The van der Waals surface area contributed by atoms with Crippen molar-refractivity contribution in [3.63, 3.8) is 0 Å². The van der Waals surface area contributed by atoms with Gasteiger partial charge in [0.1, 0.15) is 11.5 Å². The van der Waals surface area contributed by atoms with E-state index in [1.165, 1.54) is 35.0 Å². The Bertz CT molecular complexity index is 1600. The molecule has 0 atom stereocenters. The Morgan fingerprint density at radius 2 is 2.03 bits per heavy atom. The normalized spacial score (nSPS) is 15.3. The Labute approximate surface area is 187 Å². The molecule has 34 heavy (non-hydrogen) atoms. The van der Waals surface area contributed by atoms with Gasteiger partial charge in [0.05, 0.1) is 23.4 Å². The van der Waals surface area contributed by atoms with Gasteiger partial charge in [-0.1, -0.05) is 12.1 Å². The van der Waals surface area contributed by atoms with Crippen molar-refractivity contribution in [2.24, 2.45) is 4.99 Å². The van der Waals surface area contributed by atoms with Gasteiger partial charge in [-0.05, 0) is 31.1 Å². The number of H-pyrrole nitrogens is 2. The highest BCUT2D eigenvalue weighted by atomic mass is 19.4. The summed E-state index contributed by atoms with van der Waals surface area (Å²) in [5, 5.41) is 16.9. The molecule has 1 amide bonds. The molecule has 10 nitrogen and oxygen atoms in total. The zero-order chi connectivity index (χ0) is 24.0. The number of carbonyl (C=O) groups is 1. The molecule has 0 radical (unpaired) electrons. The van der Waals surface area contributed by atoms with Gasteiger partial charge in [0.25, 0.3) is 5.91 Å². The summed E-state index contributed by atoms with van der Waals surface area (Å²) in [7, 11) is 0. The van der Waals surface area contributed by atoms with Crippen LogP contribution in [-0.4, -0.2) is 41.6 Å². The summed E-state index contributed by atoms with van der Waals surface area (Å²) in [6.45, 7) is 0. The number of imidazole rings is 1. The summed E-state index contributed by atoms with van der Waals surface area (Å²) in [6.07, 6.45) is -0.120. The fraction of sp³-hybridized carbons (Fsp3) is 0.190. The molecule has 3 aromatic heterocycles. The van der Waals surface area contributed by atoms with E-state index in [9.17, 15) is 27.9 Å². The second-order valence-electron chi connectivity index (χ2n) is 7.68. The second-order valence-corrected chi connectivity index (χ2v) is 7.68. The van der Waals surface area contributed by atoms with Crippen molar-refractivity contribution in [1.29, 1.82) is 0 Å². The summed E-state index contributed by atoms with van der Waals surface area (Å²) in [6, 6.07) is 5.94. The van der Waals surface area contributed by atoms with E-state index in [2.05, 4.69) is 30.4 Å². The Hall–Kier alpha value is -4.42. The number of fused-ring (bicyclic) bond motifs is 1. The Kier molecular flexibility index (Phi) is 4.96. The molecule has 0 bridgehead atoms. The van der Waals surface area contributed by atoms with Crippen LogP contribution in [0.2, 0.25) is 0 Å². The molecule has 174 valence electrons. The lowest BCUT2D eigenvalue weighted by atomic mass is 10.1. The van der Waals surface area contributed by atoms with Crippen LogP contribution in [0.1, 0.15) is 34.5 Å². The minimum Gasteiger partial charge on any atom is -0.493 e. The number of halogens is 3. The SMILES string of the molecule is O=C(Nc1cc(=NC2CC2)n2ncc(=Cc3[nH]c(=O)[nH]c3O)c2n1)c1ccccc1C(F)(F)F. The molecule has 4 N–H and O–H groups in total. The first-order valence-electron chi connectivity index (χ1n) is 10.1. The molecule has 0 unspecified atom stereocenters. The quantitative estimate of drug-likeness (QED) is 0.356. The lowest BCUT2D eigenvalue weighted by Gasteiger charge is -2.12. The van der Waals surface area contributed by atoms with E-state index in [0.717, 1.165) is 25.0 Å². The number of hydrogen-bond acceptors (Lipinski definition) is 6. The highest BCUT2D eigenvalue weighted by Crippen LogP contribution is 2.32. The lowest BCUT2D eigenvalue weighted by molar-refractivity contribution is -0.137. The molecule has 0 saturated heterocycles. The van der Waals surface area contributed by atoms with Gasteiger partial charge in [-0.15, -0.1) is 0 Å². The number of aromatic hydroxyl groups is 1. The predicted octanol–water partition coefficient (Wildman–Crippen LogP) is 1.33. The Balaban J connectivity index is 1.62. The number of nitrogens with zero attached hydrogens (tertiary/aromatic N) is 4. The molecular formula is C21H16F3N7O3. The zero-order valence-electron chi connectivity index (χ0n) is 17.2. The molecule has 0 spiro atoms. The van der Waals surface area contributed by atoms with E-state index in [1.54, 1.807) is 0 Å². The Morgan fingerprint density at radius 3 is 2.71 bits per heavy atom. The zero-order valence-corrected chi connectivity index (χ0v) is 17.2. The first kappa shape index (κ1) is 21.4. The number of alkyl halides is 3. The van der Waals surface area contributed by atoms with E-state index in [1.807, 2.05) is 0 Å². The average Bonchev–Trinajstić information content (AvgIpc) is 3.41. The predicted molar refractivity (Wildman–Crippen MR) is 113 cm³/mol. The molecule has 5 rings (SSSR count). The fourth-order valence-electron chi connectivity index (χ4n) is 3.37. The third-order valence-corrected chi connectivity index (χ3v) is 5.10. The van der Waals surface area contributed by atoms with Gasteiger partial charge in [-0.3, -0.25) is 14.8 Å². The van der Waals surface area contributed by atoms with Gasteiger partial charge in [0, 0.05) is 11.3 Å². The first-order valence-corrected chi connectivity index (χ1v) is 10.1. The second kappa shape index (κ2) is 7.86. The number of hydrogen-bond donors (Lipinski definition) is 4. The van der Waals surface area contributed by atoms with Crippen molar-refractivity contribution in [1.82, 2.24) is 24.6 Å². The number of rotatable bonds is 4. The maximum atomic E-state index is 13.3. The molecule has 1 aromatic carbocycles. The molecule has 1 fully saturated rings. The van der Waals surface area contributed by atoms with Crippen molar-refractivity contribution in [3.8, 4) is 5.88 Å². The van der Waals surface area contributed by atoms with Crippen LogP contribution in [0, 0.1) is 0 Å². The maximum absolute atomic E-state index is 13.3. The minimum atomic E-state index is -4.71. The van der Waals surface area contributed by atoms with Gasteiger partial charge in [-0.2, -0.15) is 22.8 Å². The highest BCUT2D eigenvalue weighted by Gasteiger charge is 2.35. The third kappa shape index (κ3) is 4.14. The largest absolute Gasteiger partial charge is 0.493 e. The van der Waals surface area contributed by atoms with E-state index in [-0.39, 0.29) is 29.1 Å². The van der Waals surface area contributed by atoms with Gasteiger partial charge < -0.3 is 15.4 Å². The number of amides is 1. The van der Waals surface area contributed by atoms with Crippen LogP contribution in [0.25, 0.3) is 11.7 Å². The van der Waals surface area contributed by atoms with Crippen LogP contribution in [-0.2, 0) is 6.18 Å². The average molecular weight is 471 g/mol. The highest BCUT2D eigenvalue weighted by molar-refractivity contribution is 6.05. The van der Waals surface area contributed by atoms with Crippen molar-refractivity contribution in [2.75, 3.05) is 5.32 Å². The fourth-order valence-corrected chi connectivity index (χ4v) is 3.37. The van der Waals surface area contributed by atoms with Crippen LogP contribution in [0.15, 0.2) is 46.3 Å². The first-order chi connectivity index (χ1) is 16.2. The summed E-state index contributed by atoms with van der Waals surface area (Å²) >= 11 is 0.